The van der Waals surface area contributed by atoms with E-state index in [1.807, 2.05) is 0 Å². The average molecular weight is 224 g/mol. The second-order valence-electron chi connectivity index (χ2n) is 1.48. The molecule has 10 heavy (non-hydrogen) atoms. The van der Waals surface area contributed by atoms with Gasteiger partial charge in [0, 0.05) is 0 Å². The summed E-state index contributed by atoms with van der Waals surface area (Å²) < 4.78 is -4.17. The summed E-state index contributed by atoms with van der Waals surface area (Å²) in [5.41, 5.74) is 0. The summed E-state index contributed by atoms with van der Waals surface area (Å²) in [5, 5.41) is 0. The molecule has 0 aliphatic heterocycles. The van der Waals surface area contributed by atoms with E-state index in [4.69, 9.17) is 46.4 Å². The third-order valence-electron chi connectivity index (χ3n) is 0.740. The number of hydrogen-bond donors (Lipinski definition) is 0. The van der Waals surface area contributed by atoms with Crippen molar-refractivity contribution in [2.45, 2.75) is 8.67 Å². The van der Waals surface area contributed by atoms with Crippen LogP contribution in [0, 0.1) is 0 Å². The molecule has 0 unspecified atom stereocenters. The van der Waals surface area contributed by atoms with Crippen molar-refractivity contribution in [2.24, 2.45) is 0 Å². The number of hydrogen-bond acceptors (Lipinski definition) is 2. The van der Waals surface area contributed by atoms with Crippen LogP contribution in [-0.2, 0) is 9.59 Å². The molecule has 0 aliphatic rings. The zero-order valence-corrected chi connectivity index (χ0v) is 7.51. The highest BCUT2D eigenvalue weighted by atomic mass is 35.5. The highest BCUT2D eigenvalue weighted by Crippen LogP contribution is 2.39. The van der Waals surface area contributed by atoms with Crippen molar-refractivity contribution in [3.63, 3.8) is 0 Å². The minimum atomic E-state index is -2.09. The monoisotopic (exact) mass is 222 g/mol. The number of halogens is 4. The van der Waals surface area contributed by atoms with Gasteiger partial charge in [0.05, 0.1) is 0 Å². The van der Waals surface area contributed by atoms with Crippen LogP contribution in [0.25, 0.3) is 0 Å². The SMILES string of the molecule is O=CC(Cl)(Cl)C(Cl)(Cl)C=O. The molecule has 0 atom stereocenters. The van der Waals surface area contributed by atoms with Gasteiger partial charge >= 0.3 is 0 Å². The van der Waals surface area contributed by atoms with E-state index in [2.05, 4.69) is 0 Å². The fourth-order valence-electron chi connectivity index (χ4n) is 0.157. The summed E-state index contributed by atoms with van der Waals surface area (Å²) in [4.78, 5) is 20.1. The maximum Gasteiger partial charge on any atom is 0.212 e. The van der Waals surface area contributed by atoms with Gasteiger partial charge in [-0.15, -0.1) is 0 Å². The number of alkyl halides is 4. The zero-order chi connectivity index (χ0) is 8.41. The first-order valence-corrected chi connectivity index (χ1v) is 3.57. The van der Waals surface area contributed by atoms with Crippen molar-refractivity contribution in [3.8, 4) is 0 Å². The first-order chi connectivity index (χ1) is 4.37. The molecule has 0 rings (SSSR count). The molecule has 0 heterocycles. The van der Waals surface area contributed by atoms with Crippen LogP contribution < -0.4 is 0 Å². The Morgan fingerprint density at radius 1 is 0.800 bits per heavy atom. The fourth-order valence-corrected chi connectivity index (χ4v) is 0.335. The Hall–Kier alpha value is 0.500. The van der Waals surface area contributed by atoms with Crippen LogP contribution in [0.4, 0.5) is 0 Å². The van der Waals surface area contributed by atoms with E-state index in [1.54, 1.807) is 0 Å². The molecular weight excluding hydrogens is 222 g/mol. The molecule has 0 spiro atoms. The van der Waals surface area contributed by atoms with Crippen LogP contribution in [0.1, 0.15) is 0 Å². The van der Waals surface area contributed by atoms with Crippen LogP contribution in [0.15, 0.2) is 0 Å². The maximum absolute atomic E-state index is 10.0. The fraction of sp³-hybridized carbons (Fsp3) is 0.500. The molecule has 0 amide bonds. The highest BCUT2D eigenvalue weighted by Gasteiger charge is 2.47. The molecule has 58 valence electrons. The van der Waals surface area contributed by atoms with Gasteiger partial charge in [0.15, 0.2) is 12.6 Å². The van der Waals surface area contributed by atoms with Gasteiger partial charge in [-0.3, -0.25) is 9.59 Å². The highest BCUT2D eigenvalue weighted by molar-refractivity contribution is 6.71. The van der Waals surface area contributed by atoms with Crippen LogP contribution in [0.5, 0.6) is 0 Å². The Balaban J connectivity index is 4.59. The van der Waals surface area contributed by atoms with E-state index >= 15 is 0 Å². The Bertz CT molecular complexity index is 135. The second-order valence-corrected chi connectivity index (χ2v) is 4.25. The van der Waals surface area contributed by atoms with Crippen LogP contribution in [0.3, 0.4) is 0 Å². The number of carbonyl (C=O) groups excluding carboxylic acids is 2. The predicted octanol–water partition coefficient (Wildman–Crippen LogP) is 1.73. The van der Waals surface area contributed by atoms with Gasteiger partial charge in [-0.05, 0) is 0 Å². The molecule has 0 aromatic heterocycles. The Morgan fingerprint density at radius 3 is 1.10 bits per heavy atom. The molecule has 0 aromatic rings. The Labute approximate surface area is 77.4 Å². The van der Waals surface area contributed by atoms with E-state index in [-0.39, 0.29) is 12.6 Å². The van der Waals surface area contributed by atoms with E-state index in [1.165, 1.54) is 0 Å². The molecule has 0 N–H and O–H groups in total. The molecular formula is C4H2Cl4O2. The van der Waals surface area contributed by atoms with E-state index in [0.717, 1.165) is 0 Å². The van der Waals surface area contributed by atoms with Crippen LogP contribution in [-0.4, -0.2) is 21.2 Å². The Morgan fingerprint density at radius 2 is 1.00 bits per heavy atom. The molecule has 0 saturated carbocycles. The first kappa shape index (κ1) is 10.5. The Kier molecular flexibility index (Phi) is 3.43. The lowest BCUT2D eigenvalue weighted by Crippen LogP contribution is -2.38. The van der Waals surface area contributed by atoms with E-state index < -0.39 is 8.67 Å². The van der Waals surface area contributed by atoms with Crippen molar-refractivity contribution in [2.75, 3.05) is 0 Å². The van der Waals surface area contributed by atoms with Gasteiger partial charge < -0.3 is 0 Å². The molecule has 0 aliphatic carbocycles. The largest absolute Gasteiger partial charge is 0.300 e. The van der Waals surface area contributed by atoms with Crippen LogP contribution >= 0.6 is 46.4 Å². The third-order valence-corrected chi connectivity index (χ3v) is 2.68. The van der Waals surface area contributed by atoms with Gasteiger partial charge in [0.2, 0.25) is 8.67 Å². The summed E-state index contributed by atoms with van der Waals surface area (Å²) in [5.74, 6) is 0. The minimum Gasteiger partial charge on any atom is -0.300 e. The smallest absolute Gasteiger partial charge is 0.212 e. The van der Waals surface area contributed by atoms with Crippen molar-refractivity contribution >= 4 is 59.0 Å². The first-order valence-electron chi connectivity index (χ1n) is 2.05. The lowest BCUT2D eigenvalue weighted by molar-refractivity contribution is -0.113. The molecule has 0 aromatic carbocycles. The molecule has 0 radical (unpaired) electrons. The standard InChI is InChI=1S/C4H2Cl4O2/c5-3(6,1-9)4(7,8)2-10/h1-2H. The normalized spacial score (nSPS) is 12.8. The molecule has 0 saturated heterocycles. The topological polar surface area (TPSA) is 34.1 Å². The average Bonchev–Trinajstić information content (AvgIpc) is 1.88. The van der Waals surface area contributed by atoms with Gasteiger partial charge in [-0.25, -0.2) is 0 Å². The van der Waals surface area contributed by atoms with E-state index in [0.29, 0.717) is 0 Å². The summed E-state index contributed by atoms with van der Waals surface area (Å²) >= 11 is 20.9. The maximum atomic E-state index is 10.0. The molecule has 0 bridgehead atoms. The summed E-state index contributed by atoms with van der Waals surface area (Å²) in [7, 11) is 0. The quantitative estimate of drug-likeness (QED) is 0.540. The predicted molar refractivity (Wildman–Crippen MR) is 41.0 cm³/mol. The minimum absolute atomic E-state index is 0.0878. The van der Waals surface area contributed by atoms with Gasteiger partial charge in [-0.2, -0.15) is 0 Å². The van der Waals surface area contributed by atoms with Crippen molar-refractivity contribution in [3.05, 3.63) is 0 Å². The lowest BCUT2D eigenvalue weighted by Gasteiger charge is -2.21. The summed E-state index contributed by atoms with van der Waals surface area (Å²) in [6, 6.07) is 0. The summed E-state index contributed by atoms with van der Waals surface area (Å²) in [6.45, 7) is 0. The lowest BCUT2D eigenvalue weighted by atomic mass is 10.3. The van der Waals surface area contributed by atoms with Crippen molar-refractivity contribution in [1.29, 1.82) is 0 Å². The van der Waals surface area contributed by atoms with Gasteiger partial charge in [0.25, 0.3) is 0 Å². The number of aldehydes is 2. The second kappa shape index (κ2) is 3.26. The van der Waals surface area contributed by atoms with Crippen molar-refractivity contribution < 1.29 is 9.59 Å². The zero-order valence-electron chi connectivity index (χ0n) is 4.48. The van der Waals surface area contributed by atoms with Crippen LogP contribution in [0.2, 0.25) is 0 Å². The number of rotatable bonds is 3. The summed E-state index contributed by atoms with van der Waals surface area (Å²) in [6.07, 6.45) is 0.176. The third kappa shape index (κ3) is 1.99. The molecule has 6 heteroatoms. The van der Waals surface area contributed by atoms with Gasteiger partial charge in [0.1, 0.15) is 0 Å². The molecule has 0 fully saturated rings. The molecule has 2 nitrogen and oxygen atoms in total. The van der Waals surface area contributed by atoms with Gasteiger partial charge in [-0.1, -0.05) is 46.4 Å². The number of carbonyl (C=O) groups is 2. The van der Waals surface area contributed by atoms with Crippen molar-refractivity contribution in [1.82, 2.24) is 0 Å². The van der Waals surface area contributed by atoms with E-state index in [9.17, 15) is 9.59 Å².